The average molecular weight is 248 g/mol. The lowest BCUT2D eigenvalue weighted by Gasteiger charge is -2.25. The molecular weight excluding hydrogens is 224 g/mol. The fourth-order valence-electron chi connectivity index (χ4n) is 1.85. The maximum atomic E-state index is 11.8. The number of nitrogens with one attached hydrogen (secondary N) is 2. The van der Waals surface area contributed by atoms with Gasteiger partial charge in [0.15, 0.2) is 0 Å². The van der Waals surface area contributed by atoms with Gasteiger partial charge in [0.1, 0.15) is 0 Å². The van der Waals surface area contributed by atoms with Crippen molar-refractivity contribution in [2.75, 3.05) is 18.8 Å². The Morgan fingerprint density at radius 2 is 1.88 bits per heavy atom. The molecule has 0 radical (unpaired) electrons. The van der Waals surface area contributed by atoms with Gasteiger partial charge in [0.25, 0.3) is 0 Å². The first-order chi connectivity index (χ1) is 7.37. The van der Waals surface area contributed by atoms with E-state index in [-0.39, 0.29) is 11.3 Å². The summed E-state index contributed by atoms with van der Waals surface area (Å²) in [5.41, 5.74) is -0.274. The Hall–Kier alpha value is -0.130. The Balaban J connectivity index is 2.33. The molecule has 0 aromatic carbocycles. The molecule has 1 aliphatic carbocycles. The van der Waals surface area contributed by atoms with Crippen LogP contribution >= 0.6 is 0 Å². The molecule has 0 unspecified atom stereocenters. The van der Waals surface area contributed by atoms with E-state index >= 15 is 0 Å². The van der Waals surface area contributed by atoms with Gasteiger partial charge in [0, 0.05) is 12.1 Å². The highest BCUT2D eigenvalue weighted by Crippen LogP contribution is 2.39. The number of hydrogen-bond donors (Lipinski definition) is 2. The van der Waals surface area contributed by atoms with E-state index in [0.717, 1.165) is 25.8 Å². The third-order valence-electron chi connectivity index (χ3n) is 2.99. The third-order valence-corrected chi connectivity index (χ3v) is 4.57. The van der Waals surface area contributed by atoms with E-state index < -0.39 is 10.0 Å². The molecule has 0 atom stereocenters. The summed E-state index contributed by atoms with van der Waals surface area (Å²) >= 11 is 0. The van der Waals surface area contributed by atoms with E-state index in [1.807, 2.05) is 13.8 Å². The fraction of sp³-hybridized carbons (Fsp3) is 1.00. The molecule has 0 aromatic heterocycles. The van der Waals surface area contributed by atoms with Gasteiger partial charge < -0.3 is 5.32 Å². The van der Waals surface area contributed by atoms with Gasteiger partial charge in [0.2, 0.25) is 10.0 Å². The van der Waals surface area contributed by atoms with Crippen LogP contribution in [0.25, 0.3) is 0 Å². The van der Waals surface area contributed by atoms with Gasteiger partial charge in [-0.15, -0.1) is 0 Å². The Kier molecular flexibility index (Phi) is 4.76. The zero-order chi connectivity index (χ0) is 12.2. The second-order valence-corrected chi connectivity index (χ2v) is 7.01. The summed E-state index contributed by atoms with van der Waals surface area (Å²) in [6, 6.07) is 0. The molecule has 0 heterocycles. The summed E-state index contributed by atoms with van der Waals surface area (Å²) in [4.78, 5) is 0. The summed E-state index contributed by atoms with van der Waals surface area (Å²) in [6.45, 7) is 7.42. The van der Waals surface area contributed by atoms with Crippen LogP contribution in [0.4, 0.5) is 0 Å². The molecule has 96 valence electrons. The van der Waals surface area contributed by atoms with Crippen LogP contribution in [0, 0.1) is 5.92 Å². The molecule has 0 bridgehead atoms. The summed E-state index contributed by atoms with van der Waals surface area (Å²) in [6.07, 6.45) is 3.31. The highest BCUT2D eigenvalue weighted by atomic mass is 32.2. The van der Waals surface area contributed by atoms with E-state index in [2.05, 4.69) is 17.0 Å². The summed E-state index contributed by atoms with van der Waals surface area (Å²) in [7, 11) is -3.14. The zero-order valence-corrected chi connectivity index (χ0v) is 11.4. The van der Waals surface area contributed by atoms with Crippen LogP contribution in [-0.2, 0) is 10.0 Å². The van der Waals surface area contributed by atoms with E-state index in [9.17, 15) is 8.42 Å². The minimum absolute atomic E-state index is 0.170. The second kappa shape index (κ2) is 5.47. The molecule has 16 heavy (non-hydrogen) atoms. The molecule has 1 aliphatic rings. The molecule has 4 nitrogen and oxygen atoms in total. The van der Waals surface area contributed by atoms with Crippen LogP contribution < -0.4 is 10.0 Å². The Morgan fingerprint density at radius 1 is 1.25 bits per heavy atom. The number of sulfonamides is 1. The Labute approximate surface area is 99.2 Å². The molecule has 0 amide bonds. The predicted molar refractivity (Wildman–Crippen MR) is 66.9 cm³/mol. The molecule has 0 aromatic rings. The second-order valence-electron chi connectivity index (χ2n) is 5.17. The van der Waals surface area contributed by atoms with E-state index in [1.165, 1.54) is 0 Å². The topological polar surface area (TPSA) is 58.2 Å². The van der Waals surface area contributed by atoms with Gasteiger partial charge >= 0.3 is 0 Å². The lowest BCUT2D eigenvalue weighted by atomic mass is 10.0. The number of rotatable bonds is 8. The predicted octanol–water partition coefficient (Wildman–Crippen LogP) is 1.09. The van der Waals surface area contributed by atoms with E-state index in [1.54, 1.807) is 0 Å². The first-order valence-electron chi connectivity index (χ1n) is 6.10. The zero-order valence-electron chi connectivity index (χ0n) is 10.5. The highest BCUT2D eigenvalue weighted by Gasteiger charge is 2.40. The van der Waals surface area contributed by atoms with Crippen molar-refractivity contribution in [1.29, 1.82) is 0 Å². The Morgan fingerprint density at radius 3 is 2.38 bits per heavy atom. The van der Waals surface area contributed by atoms with Crippen LogP contribution in [0.3, 0.4) is 0 Å². The van der Waals surface area contributed by atoms with Gasteiger partial charge in [0.05, 0.1) is 5.75 Å². The highest BCUT2D eigenvalue weighted by molar-refractivity contribution is 7.89. The lowest BCUT2D eigenvalue weighted by Crippen LogP contribution is -2.47. The molecule has 1 rings (SSSR count). The molecule has 5 heteroatoms. The standard InChI is InChI=1S/C11H24N2O2S/c1-4-7-12-8-9-16(14,15)13-11(2,3)10-5-6-10/h10,12-13H,4-9H2,1-3H3. The smallest absolute Gasteiger partial charge is 0.213 e. The minimum atomic E-state index is -3.14. The van der Waals surface area contributed by atoms with Crippen LogP contribution in [-0.4, -0.2) is 32.8 Å². The van der Waals surface area contributed by atoms with Crippen molar-refractivity contribution in [2.24, 2.45) is 5.92 Å². The minimum Gasteiger partial charge on any atom is -0.316 e. The molecular formula is C11H24N2O2S. The van der Waals surface area contributed by atoms with Crippen molar-refractivity contribution in [2.45, 2.75) is 45.6 Å². The van der Waals surface area contributed by atoms with Crippen molar-refractivity contribution >= 4 is 10.0 Å². The van der Waals surface area contributed by atoms with Gasteiger partial charge in [-0.05, 0) is 45.6 Å². The fourth-order valence-corrected chi connectivity index (χ4v) is 3.33. The molecule has 1 saturated carbocycles. The Bertz CT molecular complexity index is 308. The SMILES string of the molecule is CCCNCCS(=O)(=O)NC(C)(C)C1CC1. The van der Waals surface area contributed by atoms with Crippen LogP contribution in [0.1, 0.15) is 40.0 Å². The average Bonchev–Trinajstić information content (AvgIpc) is 2.93. The normalized spacial score (nSPS) is 17.7. The molecule has 0 spiro atoms. The van der Waals surface area contributed by atoms with Crippen molar-refractivity contribution in [3.63, 3.8) is 0 Å². The first kappa shape index (κ1) is 13.9. The third kappa shape index (κ3) is 4.80. The van der Waals surface area contributed by atoms with Crippen molar-refractivity contribution < 1.29 is 8.42 Å². The quantitative estimate of drug-likeness (QED) is 0.632. The molecule has 2 N–H and O–H groups in total. The largest absolute Gasteiger partial charge is 0.316 e. The monoisotopic (exact) mass is 248 g/mol. The molecule has 1 fully saturated rings. The summed E-state index contributed by atoms with van der Waals surface area (Å²) < 4.78 is 26.4. The first-order valence-corrected chi connectivity index (χ1v) is 7.75. The van der Waals surface area contributed by atoms with E-state index in [0.29, 0.717) is 12.5 Å². The van der Waals surface area contributed by atoms with Crippen LogP contribution in [0.2, 0.25) is 0 Å². The van der Waals surface area contributed by atoms with Crippen molar-refractivity contribution in [1.82, 2.24) is 10.0 Å². The number of hydrogen-bond acceptors (Lipinski definition) is 3. The maximum absolute atomic E-state index is 11.8. The summed E-state index contributed by atoms with van der Waals surface area (Å²) in [5, 5.41) is 3.10. The van der Waals surface area contributed by atoms with Crippen LogP contribution in [0.15, 0.2) is 0 Å². The van der Waals surface area contributed by atoms with Gasteiger partial charge in [-0.2, -0.15) is 0 Å². The molecule has 0 saturated heterocycles. The summed E-state index contributed by atoms with van der Waals surface area (Å²) in [5.74, 6) is 0.689. The van der Waals surface area contributed by atoms with Crippen LogP contribution in [0.5, 0.6) is 0 Å². The molecule has 0 aliphatic heterocycles. The van der Waals surface area contributed by atoms with Crippen molar-refractivity contribution in [3.05, 3.63) is 0 Å². The lowest BCUT2D eigenvalue weighted by molar-refractivity contribution is 0.400. The van der Waals surface area contributed by atoms with E-state index in [4.69, 9.17) is 0 Å². The maximum Gasteiger partial charge on any atom is 0.213 e. The van der Waals surface area contributed by atoms with Gasteiger partial charge in [-0.1, -0.05) is 6.92 Å². The van der Waals surface area contributed by atoms with Gasteiger partial charge in [-0.3, -0.25) is 0 Å². The van der Waals surface area contributed by atoms with Crippen molar-refractivity contribution in [3.8, 4) is 0 Å². The van der Waals surface area contributed by atoms with Gasteiger partial charge in [-0.25, -0.2) is 13.1 Å².